The number of pyridine rings is 1. The molecular weight excluding hydrogens is 673 g/mol. The van der Waals surface area contributed by atoms with E-state index in [1.165, 1.54) is 80.1 Å². The van der Waals surface area contributed by atoms with Crippen molar-refractivity contribution in [2.24, 2.45) is 0 Å². The summed E-state index contributed by atoms with van der Waals surface area (Å²) in [6.45, 7) is 0. The summed E-state index contributed by atoms with van der Waals surface area (Å²) in [6, 6.07) is 68.6. The Morgan fingerprint density at radius 3 is 1.43 bits per heavy atom. The molecule has 252 valence electrons. The van der Waals surface area contributed by atoms with Crippen molar-refractivity contribution in [1.29, 1.82) is 0 Å². The van der Waals surface area contributed by atoms with Crippen molar-refractivity contribution in [2.45, 2.75) is 0 Å². The zero-order valence-electron chi connectivity index (χ0n) is 29.3. The van der Waals surface area contributed by atoms with E-state index < -0.39 is 0 Å². The van der Waals surface area contributed by atoms with Crippen LogP contribution < -0.4 is 4.90 Å². The van der Waals surface area contributed by atoms with Gasteiger partial charge in [0.1, 0.15) is 0 Å². The van der Waals surface area contributed by atoms with E-state index in [0.29, 0.717) is 0 Å². The molecule has 9 aromatic carbocycles. The van der Waals surface area contributed by atoms with Gasteiger partial charge >= 0.3 is 0 Å². The second-order valence-electron chi connectivity index (χ2n) is 13.9. The largest absolute Gasteiger partial charge is 0.310 e. The molecule has 0 spiro atoms. The van der Waals surface area contributed by atoms with Gasteiger partial charge in [0.25, 0.3) is 0 Å². The van der Waals surface area contributed by atoms with Gasteiger partial charge in [-0.25, -0.2) is 0 Å². The molecule has 0 saturated carbocycles. The summed E-state index contributed by atoms with van der Waals surface area (Å²) in [5.41, 5.74) is 9.21. The van der Waals surface area contributed by atoms with Gasteiger partial charge in [-0.05, 0) is 126 Å². The summed E-state index contributed by atoms with van der Waals surface area (Å²) in [5.74, 6) is 0. The Labute approximate surface area is 316 Å². The second-order valence-corrected chi connectivity index (χ2v) is 15.0. The molecule has 0 fully saturated rings. The molecule has 2 heterocycles. The lowest BCUT2D eigenvalue weighted by atomic mass is 9.93. The maximum atomic E-state index is 4.90. The molecule has 11 aromatic rings. The zero-order valence-corrected chi connectivity index (χ0v) is 30.1. The number of fused-ring (bicyclic) bond motifs is 9. The van der Waals surface area contributed by atoms with Gasteiger partial charge < -0.3 is 4.90 Å². The van der Waals surface area contributed by atoms with Crippen LogP contribution in [0, 0.1) is 0 Å². The van der Waals surface area contributed by atoms with Crippen molar-refractivity contribution in [2.75, 3.05) is 4.90 Å². The van der Waals surface area contributed by atoms with Crippen LogP contribution in [-0.2, 0) is 0 Å². The predicted molar refractivity (Wildman–Crippen MR) is 233 cm³/mol. The number of hydrogen-bond acceptors (Lipinski definition) is 3. The Balaban J connectivity index is 1.08. The average molecular weight is 705 g/mol. The lowest BCUT2D eigenvalue weighted by molar-refractivity contribution is 1.30. The van der Waals surface area contributed by atoms with Crippen molar-refractivity contribution in [1.82, 2.24) is 4.98 Å². The first-order chi connectivity index (χ1) is 26.8. The van der Waals surface area contributed by atoms with Gasteiger partial charge in [0, 0.05) is 27.7 Å². The Morgan fingerprint density at radius 2 is 0.870 bits per heavy atom. The Morgan fingerprint density at radius 1 is 0.389 bits per heavy atom. The third kappa shape index (κ3) is 4.90. The van der Waals surface area contributed by atoms with Crippen molar-refractivity contribution < 1.29 is 0 Å². The van der Waals surface area contributed by atoms with Gasteiger partial charge in [-0.2, -0.15) is 0 Å². The molecular formula is C51H32N2S. The molecule has 0 aliphatic rings. The van der Waals surface area contributed by atoms with Crippen LogP contribution in [0.15, 0.2) is 194 Å². The van der Waals surface area contributed by atoms with Crippen molar-refractivity contribution in [3.63, 3.8) is 0 Å². The Bertz CT molecular complexity index is 3050. The van der Waals surface area contributed by atoms with Gasteiger partial charge in [0.05, 0.1) is 15.9 Å². The van der Waals surface area contributed by atoms with E-state index in [9.17, 15) is 0 Å². The fourth-order valence-electron chi connectivity index (χ4n) is 8.40. The molecule has 0 radical (unpaired) electrons. The number of benzene rings is 9. The second kappa shape index (κ2) is 12.4. The summed E-state index contributed by atoms with van der Waals surface area (Å²) < 4.78 is 2.42. The number of nitrogens with zero attached hydrogens (tertiary/aromatic N) is 2. The SMILES string of the molecule is c1ccc2c(c1)cc(-c1ccc(N(c3ccc(-c4cc5ccccc5c5ccccc45)cc3)c3cccc4sc5cccnc5c34)cc1)c1ccccc12. The molecule has 0 aliphatic heterocycles. The first kappa shape index (κ1) is 30.8. The van der Waals surface area contributed by atoms with Crippen LogP contribution in [0.5, 0.6) is 0 Å². The molecule has 0 bridgehead atoms. The quantitative estimate of drug-likeness (QED) is 0.166. The number of anilines is 3. The molecule has 2 nitrogen and oxygen atoms in total. The summed E-state index contributed by atoms with van der Waals surface area (Å²) in [6.07, 6.45) is 1.90. The van der Waals surface area contributed by atoms with E-state index in [2.05, 4.69) is 187 Å². The molecule has 0 amide bonds. The molecule has 2 aromatic heterocycles. The fourth-order valence-corrected chi connectivity index (χ4v) is 9.49. The highest BCUT2D eigenvalue weighted by atomic mass is 32.1. The maximum absolute atomic E-state index is 4.90. The van der Waals surface area contributed by atoms with Crippen LogP contribution in [-0.4, -0.2) is 4.98 Å². The minimum absolute atomic E-state index is 1.04. The van der Waals surface area contributed by atoms with Crippen LogP contribution >= 0.6 is 11.3 Å². The normalized spacial score (nSPS) is 11.7. The number of hydrogen-bond donors (Lipinski definition) is 0. The number of aromatic nitrogens is 1. The Kier molecular flexibility index (Phi) is 7.07. The first-order valence-electron chi connectivity index (χ1n) is 18.4. The van der Waals surface area contributed by atoms with Gasteiger partial charge in [0.15, 0.2) is 0 Å². The van der Waals surface area contributed by atoms with Crippen molar-refractivity contribution >= 4 is 91.8 Å². The Hall–Kier alpha value is -6.81. The molecule has 0 unspecified atom stereocenters. The smallest absolute Gasteiger partial charge is 0.0909 e. The zero-order chi connectivity index (χ0) is 35.6. The van der Waals surface area contributed by atoms with E-state index in [-0.39, 0.29) is 0 Å². The van der Waals surface area contributed by atoms with E-state index >= 15 is 0 Å². The minimum Gasteiger partial charge on any atom is -0.310 e. The number of rotatable bonds is 5. The van der Waals surface area contributed by atoms with E-state index in [1.807, 2.05) is 12.3 Å². The molecule has 0 N–H and O–H groups in total. The molecule has 54 heavy (non-hydrogen) atoms. The fraction of sp³-hybridized carbons (Fsp3) is 0. The summed E-state index contributed by atoms with van der Waals surface area (Å²) in [4.78, 5) is 7.30. The van der Waals surface area contributed by atoms with Crippen LogP contribution in [0.4, 0.5) is 17.1 Å². The van der Waals surface area contributed by atoms with E-state index in [4.69, 9.17) is 4.98 Å². The van der Waals surface area contributed by atoms with Crippen LogP contribution in [0.2, 0.25) is 0 Å². The lowest BCUT2D eigenvalue weighted by Crippen LogP contribution is -2.10. The minimum atomic E-state index is 1.04. The van der Waals surface area contributed by atoms with Gasteiger partial charge in [-0.1, -0.05) is 127 Å². The highest BCUT2D eigenvalue weighted by molar-refractivity contribution is 7.25. The molecule has 0 aliphatic carbocycles. The van der Waals surface area contributed by atoms with Crippen LogP contribution in [0.25, 0.3) is 85.6 Å². The van der Waals surface area contributed by atoms with E-state index in [1.54, 1.807) is 11.3 Å². The molecule has 0 saturated heterocycles. The standard InChI is InChI=1S/C51H32N2S/c1-3-13-39-35(11-1)31-45(43-17-7-5-15-41(39)43)33-22-26-37(27-23-33)53(47-19-9-20-48-50(47)51-49(54-48)21-10-30-52-51)38-28-24-34(25-29-38)46-32-36-12-2-4-14-40(36)42-16-6-8-18-44(42)46/h1-32H. The van der Waals surface area contributed by atoms with Gasteiger partial charge in [0.2, 0.25) is 0 Å². The summed E-state index contributed by atoms with van der Waals surface area (Å²) in [7, 11) is 0. The highest BCUT2D eigenvalue weighted by Gasteiger charge is 2.20. The summed E-state index contributed by atoms with van der Waals surface area (Å²) in [5, 5.41) is 11.3. The maximum Gasteiger partial charge on any atom is 0.0909 e. The van der Waals surface area contributed by atoms with E-state index in [0.717, 1.165) is 22.6 Å². The third-order valence-electron chi connectivity index (χ3n) is 10.9. The monoisotopic (exact) mass is 704 g/mol. The first-order valence-corrected chi connectivity index (χ1v) is 19.2. The number of thiophene rings is 1. The average Bonchev–Trinajstić information content (AvgIpc) is 3.63. The van der Waals surface area contributed by atoms with Crippen molar-refractivity contribution in [3.8, 4) is 22.3 Å². The van der Waals surface area contributed by atoms with Crippen molar-refractivity contribution in [3.05, 3.63) is 194 Å². The van der Waals surface area contributed by atoms with Gasteiger partial charge in [-0.3, -0.25) is 4.98 Å². The summed E-state index contributed by atoms with van der Waals surface area (Å²) >= 11 is 1.80. The third-order valence-corrected chi connectivity index (χ3v) is 12.0. The van der Waals surface area contributed by atoms with Crippen LogP contribution in [0.3, 0.4) is 0 Å². The lowest BCUT2D eigenvalue weighted by Gasteiger charge is -2.27. The van der Waals surface area contributed by atoms with Crippen LogP contribution in [0.1, 0.15) is 0 Å². The molecule has 3 heteroatoms. The molecule has 0 atom stereocenters. The topological polar surface area (TPSA) is 16.1 Å². The predicted octanol–water partition coefficient (Wildman–Crippen LogP) is 14.9. The molecule has 11 rings (SSSR count). The van der Waals surface area contributed by atoms with Gasteiger partial charge in [-0.15, -0.1) is 11.3 Å². The highest BCUT2D eigenvalue weighted by Crippen LogP contribution is 2.45.